The van der Waals surface area contributed by atoms with Gasteiger partial charge in [-0.25, -0.2) is 10.2 Å². The molecule has 4 aromatic rings. The molecule has 0 atom stereocenters. The van der Waals surface area contributed by atoms with Crippen LogP contribution in [0.3, 0.4) is 0 Å². The van der Waals surface area contributed by atoms with Crippen molar-refractivity contribution in [3.63, 3.8) is 0 Å². The van der Waals surface area contributed by atoms with Crippen LogP contribution in [0.25, 0.3) is 10.8 Å². The Morgan fingerprint density at radius 3 is 2.53 bits per heavy atom. The third kappa shape index (κ3) is 5.68. The summed E-state index contributed by atoms with van der Waals surface area (Å²) >= 11 is 3.41. The van der Waals surface area contributed by atoms with Gasteiger partial charge >= 0.3 is 5.97 Å². The number of nitrogens with zero attached hydrogens (tertiary/aromatic N) is 1. The highest BCUT2D eigenvalue weighted by Crippen LogP contribution is 2.23. The Morgan fingerprint density at radius 1 is 0.971 bits per heavy atom. The molecule has 0 fully saturated rings. The lowest BCUT2D eigenvalue weighted by molar-refractivity contribution is -0.120. The molecule has 34 heavy (non-hydrogen) atoms. The first kappa shape index (κ1) is 23.2. The van der Waals surface area contributed by atoms with Gasteiger partial charge < -0.3 is 9.47 Å². The van der Waals surface area contributed by atoms with Gasteiger partial charge in [0.15, 0.2) is 0 Å². The van der Waals surface area contributed by atoms with E-state index in [-0.39, 0.29) is 12.3 Å². The van der Waals surface area contributed by atoms with Crippen molar-refractivity contribution in [2.24, 2.45) is 5.10 Å². The molecular weight excluding hydrogens is 496 g/mol. The highest BCUT2D eigenvalue weighted by Gasteiger charge is 2.12. The van der Waals surface area contributed by atoms with Crippen LogP contribution in [0.4, 0.5) is 0 Å². The summed E-state index contributed by atoms with van der Waals surface area (Å²) in [6.07, 6.45) is 1.64. The number of halogens is 1. The normalized spacial score (nSPS) is 10.9. The van der Waals surface area contributed by atoms with Gasteiger partial charge in [-0.05, 0) is 58.8 Å². The van der Waals surface area contributed by atoms with Gasteiger partial charge in [-0.15, -0.1) is 0 Å². The lowest BCUT2D eigenvalue weighted by Gasteiger charge is -2.09. The molecule has 0 radical (unpaired) electrons. The first-order valence-electron chi connectivity index (χ1n) is 10.5. The zero-order chi connectivity index (χ0) is 23.9. The van der Waals surface area contributed by atoms with Crippen molar-refractivity contribution in [2.45, 2.75) is 6.42 Å². The zero-order valence-corrected chi connectivity index (χ0v) is 19.9. The summed E-state index contributed by atoms with van der Waals surface area (Å²) in [7, 11) is 1.56. The Morgan fingerprint density at radius 2 is 1.74 bits per heavy atom. The summed E-state index contributed by atoms with van der Waals surface area (Å²) in [5.74, 6) is 0.197. The molecule has 6 nitrogen and oxygen atoms in total. The van der Waals surface area contributed by atoms with E-state index in [0.717, 1.165) is 20.8 Å². The molecule has 0 saturated carbocycles. The Hall–Kier alpha value is -3.97. The third-order valence-electron chi connectivity index (χ3n) is 5.12. The van der Waals surface area contributed by atoms with Gasteiger partial charge in [-0.2, -0.15) is 5.10 Å². The van der Waals surface area contributed by atoms with Crippen LogP contribution in [0.2, 0.25) is 0 Å². The average molecular weight is 517 g/mol. The molecule has 0 spiro atoms. The number of fused-ring (bicyclic) bond motifs is 1. The SMILES string of the molecule is COc1ccc(C(=O)Oc2ccc(Br)cc2/C=N\NC(=O)Cc2cccc3ccccc23)cc1. The van der Waals surface area contributed by atoms with Gasteiger partial charge in [0.05, 0.1) is 25.3 Å². The van der Waals surface area contributed by atoms with Crippen LogP contribution >= 0.6 is 15.9 Å². The second-order valence-electron chi connectivity index (χ2n) is 7.41. The van der Waals surface area contributed by atoms with E-state index in [2.05, 4.69) is 26.5 Å². The maximum absolute atomic E-state index is 12.6. The van der Waals surface area contributed by atoms with Crippen molar-refractivity contribution in [3.8, 4) is 11.5 Å². The predicted octanol–water partition coefficient (Wildman–Crippen LogP) is 5.52. The van der Waals surface area contributed by atoms with Crippen LogP contribution in [-0.4, -0.2) is 25.2 Å². The van der Waals surface area contributed by atoms with Crippen molar-refractivity contribution in [3.05, 3.63) is 106 Å². The lowest BCUT2D eigenvalue weighted by atomic mass is 10.0. The maximum Gasteiger partial charge on any atom is 0.343 e. The van der Waals surface area contributed by atoms with E-state index < -0.39 is 5.97 Å². The van der Waals surface area contributed by atoms with Gasteiger partial charge in [0.1, 0.15) is 11.5 Å². The summed E-state index contributed by atoms with van der Waals surface area (Å²) in [4.78, 5) is 25.0. The van der Waals surface area contributed by atoms with Gasteiger partial charge in [-0.1, -0.05) is 58.4 Å². The van der Waals surface area contributed by atoms with Gasteiger partial charge in [0, 0.05) is 10.0 Å². The number of nitrogens with one attached hydrogen (secondary N) is 1. The number of hydrazone groups is 1. The number of methoxy groups -OCH3 is 1. The standard InChI is InChI=1S/C27H21BrN2O4/c1-33-23-12-9-19(10-13-23)27(32)34-25-14-11-22(28)15-21(25)17-29-30-26(31)16-20-7-4-6-18-5-2-3-8-24(18)20/h2-15,17H,16H2,1H3,(H,30,31)/b29-17-. The van der Waals surface area contributed by atoms with E-state index >= 15 is 0 Å². The largest absolute Gasteiger partial charge is 0.497 e. The number of ether oxygens (including phenoxy) is 2. The minimum Gasteiger partial charge on any atom is -0.497 e. The number of carbonyl (C=O) groups excluding carboxylic acids is 2. The molecule has 170 valence electrons. The summed E-state index contributed by atoms with van der Waals surface area (Å²) in [5.41, 5.74) is 4.38. The smallest absolute Gasteiger partial charge is 0.343 e. The fourth-order valence-electron chi connectivity index (χ4n) is 3.43. The topological polar surface area (TPSA) is 77.0 Å². The highest BCUT2D eigenvalue weighted by atomic mass is 79.9. The van der Waals surface area contributed by atoms with Gasteiger partial charge in [-0.3, -0.25) is 4.79 Å². The average Bonchev–Trinajstić information content (AvgIpc) is 2.86. The molecule has 0 saturated heterocycles. The number of rotatable bonds is 7. The van der Waals surface area contributed by atoms with E-state index in [4.69, 9.17) is 9.47 Å². The van der Waals surface area contributed by atoms with Crippen LogP contribution in [0.15, 0.2) is 94.5 Å². The molecule has 0 unspecified atom stereocenters. The second-order valence-corrected chi connectivity index (χ2v) is 8.32. The molecule has 0 aliphatic rings. The van der Waals surface area contributed by atoms with E-state index in [0.29, 0.717) is 22.6 Å². The van der Waals surface area contributed by atoms with Crippen molar-refractivity contribution >= 4 is 44.8 Å². The first-order chi connectivity index (χ1) is 16.5. The number of benzene rings is 4. The summed E-state index contributed by atoms with van der Waals surface area (Å²) in [6, 6.07) is 25.6. The van der Waals surface area contributed by atoms with E-state index in [1.807, 2.05) is 42.5 Å². The lowest BCUT2D eigenvalue weighted by Crippen LogP contribution is -2.20. The quantitative estimate of drug-likeness (QED) is 0.152. The molecule has 0 aromatic heterocycles. The van der Waals surface area contributed by atoms with Gasteiger partial charge in [0.25, 0.3) is 0 Å². The summed E-state index contributed by atoms with van der Waals surface area (Å²) < 4.78 is 11.4. The molecular formula is C27H21BrN2O4. The van der Waals surface area contributed by atoms with E-state index in [9.17, 15) is 9.59 Å². The zero-order valence-electron chi connectivity index (χ0n) is 18.3. The third-order valence-corrected chi connectivity index (χ3v) is 5.62. The highest BCUT2D eigenvalue weighted by molar-refractivity contribution is 9.10. The molecule has 7 heteroatoms. The number of hydrogen-bond donors (Lipinski definition) is 1. The first-order valence-corrected chi connectivity index (χ1v) is 11.3. The number of amides is 1. The van der Waals surface area contributed by atoms with Crippen LogP contribution in [0, 0.1) is 0 Å². The Kier molecular flexibility index (Phi) is 7.34. The second kappa shape index (κ2) is 10.8. The van der Waals surface area contributed by atoms with Crippen LogP contribution in [-0.2, 0) is 11.2 Å². The molecule has 0 bridgehead atoms. The Balaban J connectivity index is 1.44. The number of esters is 1. The number of hydrogen-bond acceptors (Lipinski definition) is 5. The predicted molar refractivity (Wildman–Crippen MR) is 135 cm³/mol. The Labute approximate surface area is 205 Å². The molecule has 1 N–H and O–H groups in total. The fourth-order valence-corrected chi connectivity index (χ4v) is 3.81. The van der Waals surface area contributed by atoms with Gasteiger partial charge in [0.2, 0.25) is 5.91 Å². The molecule has 0 aliphatic carbocycles. The fraction of sp³-hybridized carbons (Fsp3) is 0.0741. The van der Waals surface area contributed by atoms with Crippen molar-refractivity contribution in [2.75, 3.05) is 7.11 Å². The van der Waals surface area contributed by atoms with Crippen LogP contribution in [0.5, 0.6) is 11.5 Å². The van der Waals surface area contributed by atoms with Crippen molar-refractivity contribution in [1.29, 1.82) is 0 Å². The van der Waals surface area contributed by atoms with E-state index in [1.54, 1.807) is 49.6 Å². The minimum atomic E-state index is -0.514. The maximum atomic E-state index is 12.6. The van der Waals surface area contributed by atoms with Crippen LogP contribution in [0.1, 0.15) is 21.5 Å². The molecule has 4 rings (SSSR count). The number of carbonyl (C=O) groups is 2. The molecule has 1 amide bonds. The molecule has 0 heterocycles. The monoisotopic (exact) mass is 516 g/mol. The van der Waals surface area contributed by atoms with E-state index in [1.165, 1.54) is 6.21 Å². The van der Waals surface area contributed by atoms with Crippen molar-refractivity contribution in [1.82, 2.24) is 5.43 Å². The molecule has 0 aliphatic heterocycles. The summed E-state index contributed by atoms with van der Waals surface area (Å²) in [6.45, 7) is 0. The van der Waals surface area contributed by atoms with Crippen LogP contribution < -0.4 is 14.9 Å². The minimum absolute atomic E-state index is 0.191. The van der Waals surface area contributed by atoms with Crippen molar-refractivity contribution < 1.29 is 19.1 Å². The molecule has 4 aromatic carbocycles. The Bertz CT molecular complexity index is 1360. The summed E-state index contributed by atoms with van der Waals surface area (Å²) in [5, 5.41) is 6.18.